The highest BCUT2D eigenvalue weighted by Crippen LogP contribution is 2.39. The fraction of sp³-hybridized carbons (Fsp3) is 0.267. The van der Waals surface area contributed by atoms with Crippen molar-refractivity contribution in [3.63, 3.8) is 0 Å². The molecule has 0 radical (unpaired) electrons. The Morgan fingerprint density at radius 1 is 1.23 bits per heavy atom. The van der Waals surface area contributed by atoms with Crippen molar-refractivity contribution in [2.24, 2.45) is 0 Å². The predicted octanol–water partition coefficient (Wildman–Crippen LogP) is 2.82. The van der Waals surface area contributed by atoms with Crippen molar-refractivity contribution in [3.8, 4) is 11.3 Å². The Labute approximate surface area is 131 Å². The van der Waals surface area contributed by atoms with Crippen molar-refractivity contribution in [3.05, 3.63) is 48.0 Å². The molecule has 1 fully saturated rings. The van der Waals surface area contributed by atoms with E-state index in [-0.39, 0.29) is 0 Å². The van der Waals surface area contributed by atoms with E-state index < -0.39 is 0 Å². The quantitative estimate of drug-likeness (QED) is 0.576. The zero-order valence-corrected chi connectivity index (χ0v) is 12.7. The maximum absolute atomic E-state index is 6.03. The molecule has 3 aromatic rings. The second-order valence-corrected chi connectivity index (χ2v) is 6.26. The monoisotopic (exact) mass is 313 g/mol. The van der Waals surface area contributed by atoms with Gasteiger partial charge in [-0.05, 0) is 12.8 Å². The first-order chi connectivity index (χ1) is 10.8. The number of rotatable bonds is 5. The number of thioether (sulfide) groups is 1. The van der Waals surface area contributed by atoms with Crippen LogP contribution in [-0.4, -0.2) is 20.0 Å². The second-order valence-electron chi connectivity index (χ2n) is 5.32. The molecule has 1 aliphatic carbocycles. The average molecular weight is 313 g/mol. The second kappa shape index (κ2) is 5.49. The van der Waals surface area contributed by atoms with E-state index in [9.17, 15) is 0 Å². The van der Waals surface area contributed by atoms with Gasteiger partial charge in [-0.15, -0.1) is 10.2 Å². The molecule has 7 heteroatoms. The van der Waals surface area contributed by atoms with Crippen LogP contribution in [0.2, 0.25) is 0 Å². The third-order valence-corrected chi connectivity index (χ3v) is 4.57. The van der Waals surface area contributed by atoms with Crippen LogP contribution in [0.5, 0.6) is 0 Å². The van der Waals surface area contributed by atoms with Crippen LogP contribution in [0, 0.1) is 0 Å². The van der Waals surface area contributed by atoms with E-state index in [1.54, 1.807) is 4.68 Å². The van der Waals surface area contributed by atoms with Crippen LogP contribution in [0.4, 0.5) is 0 Å². The fourth-order valence-electron chi connectivity index (χ4n) is 2.27. The van der Waals surface area contributed by atoms with Gasteiger partial charge in [-0.1, -0.05) is 47.3 Å². The standard InChI is InChI=1S/C15H15N5OS/c16-20-14(11-6-7-11)17-18-15(20)22-9-12-8-13(19-21-12)10-4-2-1-3-5-10/h1-5,8,11H,6-7,9,16H2. The summed E-state index contributed by atoms with van der Waals surface area (Å²) in [5.74, 6) is 8.81. The number of nitrogen functional groups attached to an aromatic ring is 1. The van der Waals surface area contributed by atoms with E-state index in [0.29, 0.717) is 16.8 Å². The van der Waals surface area contributed by atoms with Crippen molar-refractivity contribution in [2.45, 2.75) is 29.7 Å². The molecule has 0 spiro atoms. The highest BCUT2D eigenvalue weighted by molar-refractivity contribution is 7.98. The molecule has 2 heterocycles. The molecule has 1 aromatic carbocycles. The van der Waals surface area contributed by atoms with Crippen LogP contribution in [-0.2, 0) is 5.75 Å². The molecule has 2 N–H and O–H groups in total. The van der Waals surface area contributed by atoms with Gasteiger partial charge in [-0.3, -0.25) is 0 Å². The van der Waals surface area contributed by atoms with Crippen LogP contribution < -0.4 is 5.84 Å². The minimum absolute atomic E-state index is 0.488. The summed E-state index contributed by atoms with van der Waals surface area (Å²) >= 11 is 1.51. The van der Waals surface area contributed by atoms with Crippen LogP contribution in [0.1, 0.15) is 30.3 Å². The van der Waals surface area contributed by atoms with E-state index in [0.717, 1.165) is 35.7 Å². The maximum atomic E-state index is 6.03. The molecule has 0 aliphatic heterocycles. The smallest absolute Gasteiger partial charge is 0.210 e. The predicted molar refractivity (Wildman–Crippen MR) is 83.6 cm³/mol. The van der Waals surface area contributed by atoms with Gasteiger partial charge in [-0.2, -0.15) is 0 Å². The molecule has 2 aromatic heterocycles. The first-order valence-corrected chi connectivity index (χ1v) is 8.14. The zero-order valence-electron chi connectivity index (χ0n) is 11.8. The van der Waals surface area contributed by atoms with Gasteiger partial charge in [0, 0.05) is 17.5 Å². The minimum atomic E-state index is 0.488. The van der Waals surface area contributed by atoms with Crippen LogP contribution in [0.3, 0.4) is 0 Å². The Hall–Kier alpha value is -2.28. The summed E-state index contributed by atoms with van der Waals surface area (Å²) in [5.41, 5.74) is 1.88. The molecular formula is C15H15N5OS. The third kappa shape index (κ3) is 2.59. The Balaban J connectivity index is 1.45. The van der Waals surface area contributed by atoms with Gasteiger partial charge >= 0.3 is 0 Å². The summed E-state index contributed by atoms with van der Waals surface area (Å²) < 4.78 is 6.97. The van der Waals surface area contributed by atoms with E-state index in [1.165, 1.54) is 11.8 Å². The largest absolute Gasteiger partial charge is 0.360 e. The van der Waals surface area contributed by atoms with Gasteiger partial charge in [0.1, 0.15) is 11.5 Å². The first kappa shape index (κ1) is 13.4. The highest BCUT2D eigenvalue weighted by Gasteiger charge is 2.29. The van der Waals surface area contributed by atoms with Gasteiger partial charge in [0.2, 0.25) is 5.16 Å². The highest BCUT2D eigenvalue weighted by atomic mass is 32.2. The number of benzene rings is 1. The van der Waals surface area contributed by atoms with Gasteiger partial charge in [0.05, 0.1) is 5.75 Å². The fourth-order valence-corrected chi connectivity index (χ4v) is 3.01. The summed E-state index contributed by atoms with van der Waals surface area (Å²) in [7, 11) is 0. The van der Waals surface area contributed by atoms with E-state index in [4.69, 9.17) is 10.4 Å². The van der Waals surface area contributed by atoms with Gasteiger partial charge < -0.3 is 10.4 Å². The van der Waals surface area contributed by atoms with Crippen molar-refractivity contribution in [1.29, 1.82) is 0 Å². The molecule has 4 rings (SSSR count). The zero-order chi connectivity index (χ0) is 14.9. The normalized spacial score (nSPS) is 14.4. The lowest BCUT2D eigenvalue weighted by molar-refractivity contribution is 0.397. The molecular weight excluding hydrogens is 298 g/mol. The molecule has 0 amide bonds. The number of aromatic nitrogens is 4. The van der Waals surface area contributed by atoms with Crippen LogP contribution in [0.25, 0.3) is 11.3 Å². The molecule has 0 atom stereocenters. The number of nitrogens with two attached hydrogens (primary N) is 1. The maximum Gasteiger partial charge on any atom is 0.210 e. The molecule has 0 saturated heterocycles. The molecule has 0 unspecified atom stereocenters. The molecule has 0 bridgehead atoms. The Morgan fingerprint density at radius 3 is 2.82 bits per heavy atom. The lowest BCUT2D eigenvalue weighted by Gasteiger charge is -2.00. The van der Waals surface area contributed by atoms with Gasteiger partial charge in [0.25, 0.3) is 0 Å². The molecule has 1 saturated carbocycles. The van der Waals surface area contributed by atoms with Crippen molar-refractivity contribution >= 4 is 11.8 Å². The van der Waals surface area contributed by atoms with E-state index in [1.807, 2.05) is 36.4 Å². The Bertz CT molecular complexity index is 778. The first-order valence-electron chi connectivity index (χ1n) is 7.15. The SMILES string of the molecule is Nn1c(SCc2cc(-c3ccccc3)no2)nnc1C1CC1. The molecule has 112 valence electrons. The van der Waals surface area contributed by atoms with E-state index in [2.05, 4.69) is 15.4 Å². The number of hydrogen-bond donors (Lipinski definition) is 1. The Kier molecular flexibility index (Phi) is 3.34. The summed E-state index contributed by atoms with van der Waals surface area (Å²) in [6.45, 7) is 0. The molecule has 6 nitrogen and oxygen atoms in total. The lowest BCUT2D eigenvalue weighted by Crippen LogP contribution is -2.13. The number of nitrogens with zero attached hydrogens (tertiary/aromatic N) is 4. The van der Waals surface area contributed by atoms with Crippen molar-refractivity contribution in [2.75, 3.05) is 5.84 Å². The summed E-state index contributed by atoms with van der Waals surface area (Å²) in [4.78, 5) is 0. The third-order valence-electron chi connectivity index (χ3n) is 3.61. The summed E-state index contributed by atoms with van der Waals surface area (Å²) in [5, 5.41) is 13.1. The minimum Gasteiger partial charge on any atom is -0.360 e. The van der Waals surface area contributed by atoms with E-state index >= 15 is 0 Å². The average Bonchev–Trinajstić information content (AvgIpc) is 3.16. The van der Waals surface area contributed by atoms with Crippen LogP contribution in [0.15, 0.2) is 46.1 Å². The lowest BCUT2D eigenvalue weighted by atomic mass is 10.1. The molecule has 22 heavy (non-hydrogen) atoms. The molecule has 1 aliphatic rings. The van der Waals surface area contributed by atoms with Gasteiger partial charge in [-0.25, -0.2) is 4.68 Å². The summed E-state index contributed by atoms with van der Waals surface area (Å²) in [6, 6.07) is 11.9. The topological polar surface area (TPSA) is 82.8 Å². The van der Waals surface area contributed by atoms with Crippen molar-refractivity contribution in [1.82, 2.24) is 20.0 Å². The van der Waals surface area contributed by atoms with Crippen LogP contribution >= 0.6 is 11.8 Å². The van der Waals surface area contributed by atoms with Crippen molar-refractivity contribution < 1.29 is 4.52 Å². The number of hydrogen-bond acceptors (Lipinski definition) is 6. The van der Waals surface area contributed by atoms with Gasteiger partial charge in [0.15, 0.2) is 5.82 Å². The summed E-state index contributed by atoms with van der Waals surface area (Å²) in [6.07, 6.45) is 2.31. The Morgan fingerprint density at radius 2 is 2.05 bits per heavy atom.